The van der Waals surface area contributed by atoms with Crippen LogP contribution in [0.5, 0.6) is 5.88 Å². The van der Waals surface area contributed by atoms with Gasteiger partial charge in [-0.1, -0.05) is 0 Å². The summed E-state index contributed by atoms with van der Waals surface area (Å²) < 4.78 is 35.8. The third kappa shape index (κ3) is 3.78. The van der Waals surface area contributed by atoms with Crippen LogP contribution < -0.4 is 10.5 Å². The predicted octanol–water partition coefficient (Wildman–Crippen LogP) is 3.14. The lowest BCUT2D eigenvalue weighted by Crippen LogP contribution is -2.32. The number of likely N-dealkylation sites (tertiary alicyclic amines) is 1. The van der Waals surface area contributed by atoms with Crippen molar-refractivity contribution in [3.8, 4) is 29.0 Å². The Balaban J connectivity index is 1.73. The van der Waals surface area contributed by atoms with Gasteiger partial charge in [0.1, 0.15) is 17.7 Å². The van der Waals surface area contributed by atoms with Crippen molar-refractivity contribution in [3.05, 3.63) is 59.0 Å². The second kappa shape index (κ2) is 8.50. The largest absolute Gasteiger partial charge is 0.479 e. The number of aromatic nitrogens is 3. The van der Waals surface area contributed by atoms with Crippen molar-refractivity contribution in [3.63, 3.8) is 0 Å². The number of carbonyl (C=O) groups excluding carboxylic acids is 1. The highest BCUT2D eigenvalue weighted by Crippen LogP contribution is 2.45. The highest BCUT2D eigenvalue weighted by molar-refractivity contribution is 5.95. The molecule has 3 heterocycles. The van der Waals surface area contributed by atoms with E-state index < -0.39 is 11.6 Å². The van der Waals surface area contributed by atoms with E-state index in [1.807, 2.05) is 0 Å². The number of carbonyl (C=O) groups is 1. The van der Waals surface area contributed by atoms with Crippen LogP contribution in [-0.4, -0.2) is 51.6 Å². The molecule has 0 radical (unpaired) electrons. The minimum Gasteiger partial charge on any atom is -0.479 e. The van der Waals surface area contributed by atoms with Crippen LogP contribution >= 0.6 is 0 Å². The van der Waals surface area contributed by atoms with Gasteiger partial charge in [0.2, 0.25) is 5.88 Å². The maximum absolute atomic E-state index is 14.6. The summed E-state index contributed by atoms with van der Waals surface area (Å²) in [5, 5.41) is 9.10. The number of hydrogen-bond acceptors (Lipinski definition) is 6. The first kappa shape index (κ1) is 22.0. The van der Waals surface area contributed by atoms with Crippen molar-refractivity contribution in [2.75, 3.05) is 20.2 Å². The van der Waals surface area contributed by atoms with E-state index in [2.05, 4.69) is 9.97 Å². The molecule has 3 aromatic rings. The maximum atomic E-state index is 14.6. The molecule has 1 aliphatic heterocycles. The zero-order valence-electron chi connectivity index (χ0n) is 18.5. The van der Waals surface area contributed by atoms with Crippen LogP contribution in [0.4, 0.5) is 8.78 Å². The molecule has 2 aliphatic rings. The smallest absolute Gasteiger partial charge is 0.274 e. The van der Waals surface area contributed by atoms with Crippen molar-refractivity contribution < 1.29 is 18.3 Å². The number of methoxy groups -OCH3 is 1. The Kier molecular flexibility index (Phi) is 5.49. The zero-order chi connectivity index (χ0) is 24.0. The van der Waals surface area contributed by atoms with Crippen LogP contribution in [0.3, 0.4) is 0 Å². The van der Waals surface area contributed by atoms with Gasteiger partial charge in [-0.25, -0.2) is 18.7 Å². The SMILES string of the molecule is COc1ncc(-n2c(-c3ccc(C#N)c(F)c3)nc(C(=O)N3CC[C@H](N)C3)c2C2CC2)cc1F. The first-order valence-electron chi connectivity index (χ1n) is 11.0. The molecule has 0 spiro atoms. The number of imidazole rings is 1. The van der Waals surface area contributed by atoms with Crippen molar-refractivity contribution in [1.82, 2.24) is 19.4 Å². The summed E-state index contributed by atoms with van der Waals surface area (Å²) in [6, 6.07) is 7.07. The molecule has 2 N–H and O–H groups in total. The molecule has 1 amide bonds. The third-order valence-corrected chi connectivity index (χ3v) is 6.18. The number of hydrogen-bond donors (Lipinski definition) is 1. The summed E-state index contributed by atoms with van der Waals surface area (Å²) in [7, 11) is 1.32. The van der Waals surface area contributed by atoms with E-state index >= 15 is 0 Å². The van der Waals surface area contributed by atoms with E-state index in [-0.39, 0.29) is 40.8 Å². The van der Waals surface area contributed by atoms with Gasteiger partial charge in [0.25, 0.3) is 5.91 Å². The lowest BCUT2D eigenvalue weighted by molar-refractivity contribution is 0.0784. The van der Waals surface area contributed by atoms with Gasteiger partial charge >= 0.3 is 0 Å². The lowest BCUT2D eigenvalue weighted by Gasteiger charge is -2.16. The van der Waals surface area contributed by atoms with Gasteiger partial charge in [0.05, 0.1) is 30.3 Å². The topological polar surface area (TPSA) is 110 Å². The van der Waals surface area contributed by atoms with Gasteiger partial charge in [-0.05, 0) is 37.5 Å². The summed E-state index contributed by atoms with van der Waals surface area (Å²) in [5.74, 6) is -1.49. The molecule has 5 rings (SSSR count). The average Bonchev–Trinajstić information content (AvgIpc) is 3.45. The number of nitriles is 1. The fraction of sp³-hybridized carbons (Fsp3) is 0.333. The summed E-state index contributed by atoms with van der Waals surface area (Å²) >= 11 is 0. The van der Waals surface area contributed by atoms with Crippen LogP contribution in [0.1, 0.15) is 46.9 Å². The molecule has 10 heteroatoms. The van der Waals surface area contributed by atoms with E-state index in [1.54, 1.807) is 21.6 Å². The minimum atomic E-state index is -0.708. The Labute approximate surface area is 194 Å². The molecule has 174 valence electrons. The molecule has 8 nitrogen and oxygen atoms in total. The second-order valence-corrected chi connectivity index (χ2v) is 8.57. The molecule has 2 aromatic heterocycles. The summed E-state index contributed by atoms with van der Waals surface area (Å²) in [6.07, 6.45) is 3.82. The van der Waals surface area contributed by atoms with E-state index in [0.29, 0.717) is 36.5 Å². The number of benzene rings is 1. The number of rotatable bonds is 5. The molecule has 2 fully saturated rings. The zero-order valence-corrected chi connectivity index (χ0v) is 18.5. The fourth-order valence-electron chi connectivity index (χ4n) is 4.33. The average molecular weight is 464 g/mol. The second-order valence-electron chi connectivity index (χ2n) is 8.57. The fourth-order valence-corrected chi connectivity index (χ4v) is 4.33. The molecule has 1 aliphatic carbocycles. The molecule has 1 atom stereocenters. The van der Waals surface area contributed by atoms with E-state index in [0.717, 1.165) is 12.8 Å². The van der Waals surface area contributed by atoms with Gasteiger partial charge in [0.15, 0.2) is 11.5 Å². The molecule has 1 saturated heterocycles. The molecule has 1 aromatic carbocycles. The quantitative estimate of drug-likeness (QED) is 0.621. The maximum Gasteiger partial charge on any atom is 0.274 e. The van der Waals surface area contributed by atoms with Crippen molar-refractivity contribution >= 4 is 5.91 Å². The first-order chi connectivity index (χ1) is 16.4. The Bertz CT molecular complexity index is 1330. The Hall–Kier alpha value is -3.84. The van der Waals surface area contributed by atoms with Gasteiger partial charge in [-0.3, -0.25) is 9.36 Å². The number of ether oxygens (including phenoxy) is 1. The van der Waals surface area contributed by atoms with Gasteiger partial charge in [0, 0.05) is 36.7 Å². The number of nitrogens with two attached hydrogens (primary N) is 1. The Morgan fingerprint density at radius 1 is 1.24 bits per heavy atom. The molecule has 0 bridgehead atoms. The first-order valence-corrected chi connectivity index (χ1v) is 11.0. The molecular formula is C24H22F2N6O2. The van der Waals surface area contributed by atoms with E-state index in [4.69, 9.17) is 15.7 Å². The number of nitrogens with zero attached hydrogens (tertiary/aromatic N) is 5. The Morgan fingerprint density at radius 2 is 2.03 bits per heavy atom. The monoisotopic (exact) mass is 464 g/mol. The number of pyridine rings is 1. The highest BCUT2D eigenvalue weighted by Gasteiger charge is 2.38. The summed E-state index contributed by atoms with van der Waals surface area (Å²) in [4.78, 5) is 23.8. The van der Waals surface area contributed by atoms with Crippen molar-refractivity contribution in [2.24, 2.45) is 5.73 Å². The highest BCUT2D eigenvalue weighted by atomic mass is 19.1. The van der Waals surface area contributed by atoms with Crippen LogP contribution in [0, 0.1) is 23.0 Å². The number of halogens is 2. The van der Waals surface area contributed by atoms with Crippen molar-refractivity contribution in [1.29, 1.82) is 5.26 Å². The van der Waals surface area contributed by atoms with Crippen LogP contribution in [0.25, 0.3) is 17.1 Å². The van der Waals surface area contributed by atoms with Gasteiger partial charge in [-0.15, -0.1) is 0 Å². The molecule has 1 saturated carbocycles. The van der Waals surface area contributed by atoms with Crippen LogP contribution in [0.15, 0.2) is 30.5 Å². The normalized spacial score (nSPS) is 17.6. The van der Waals surface area contributed by atoms with Crippen molar-refractivity contribution in [2.45, 2.75) is 31.2 Å². The molecule has 34 heavy (non-hydrogen) atoms. The summed E-state index contributed by atoms with van der Waals surface area (Å²) in [6.45, 7) is 0.950. The molecular weight excluding hydrogens is 442 g/mol. The third-order valence-electron chi connectivity index (χ3n) is 6.18. The minimum absolute atomic E-state index is 0.0462. The molecule has 0 unspecified atom stereocenters. The van der Waals surface area contributed by atoms with Crippen LogP contribution in [-0.2, 0) is 0 Å². The standard InChI is InChI=1S/C24H22F2N6O2/c1-34-23-19(26)9-17(11-29-23)32-21(13-2-3-13)20(24(33)31-7-6-16(28)12-31)30-22(32)14-4-5-15(10-27)18(25)8-14/h4-5,8-9,11,13,16H,2-3,6-7,12,28H2,1H3/t16-/m0/s1. The Morgan fingerprint density at radius 3 is 2.62 bits per heavy atom. The van der Waals surface area contributed by atoms with Gasteiger partial charge < -0.3 is 15.4 Å². The predicted molar refractivity (Wildman–Crippen MR) is 118 cm³/mol. The lowest BCUT2D eigenvalue weighted by atomic mass is 10.1. The van der Waals surface area contributed by atoms with Gasteiger partial charge in [-0.2, -0.15) is 5.26 Å². The van der Waals surface area contributed by atoms with Crippen LogP contribution in [0.2, 0.25) is 0 Å². The number of amides is 1. The summed E-state index contributed by atoms with van der Waals surface area (Å²) in [5.41, 5.74) is 7.47. The van der Waals surface area contributed by atoms with E-state index in [9.17, 15) is 13.6 Å². The van der Waals surface area contributed by atoms with E-state index in [1.165, 1.54) is 31.5 Å².